The number of nitrogen functional groups attached to an aromatic ring is 1. The first-order valence-electron chi connectivity index (χ1n) is 8.89. The van der Waals surface area contributed by atoms with Crippen molar-refractivity contribution in [1.29, 1.82) is 0 Å². The fourth-order valence-corrected chi connectivity index (χ4v) is 4.20. The van der Waals surface area contributed by atoms with Crippen LogP contribution in [-0.4, -0.2) is 19.7 Å². The van der Waals surface area contributed by atoms with Crippen LogP contribution in [0.5, 0.6) is 0 Å². The molecule has 138 valence electrons. The minimum atomic E-state index is -4.59. The molecule has 0 bridgehead atoms. The van der Waals surface area contributed by atoms with Crippen LogP contribution in [0.15, 0.2) is 24.5 Å². The molecule has 0 aliphatic heterocycles. The highest BCUT2D eigenvalue weighted by Crippen LogP contribution is 2.46. The van der Waals surface area contributed by atoms with Gasteiger partial charge in [0.25, 0.3) is 5.95 Å². The number of rotatable bonds is 2. The van der Waals surface area contributed by atoms with E-state index in [9.17, 15) is 13.2 Å². The van der Waals surface area contributed by atoms with Gasteiger partial charge in [-0.15, -0.1) is 0 Å². The van der Waals surface area contributed by atoms with Crippen molar-refractivity contribution >= 4 is 11.4 Å². The SMILES string of the molecule is Nc1c(C2=CC3CCCCC3CC2)c(C(F)(F)F)nn1-c1ncccn1. The molecule has 2 aliphatic rings. The van der Waals surface area contributed by atoms with Gasteiger partial charge in [-0.25, -0.2) is 9.97 Å². The summed E-state index contributed by atoms with van der Waals surface area (Å²) in [4.78, 5) is 7.96. The summed E-state index contributed by atoms with van der Waals surface area (Å²) in [6.45, 7) is 0. The maximum absolute atomic E-state index is 13.6. The number of fused-ring (bicyclic) bond motifs is 1. The van der Waals surface area contributed by atoms with Crippen molar-refractivity contribution in [2.45, 2.75) is 44.7 Å². The number of halogens is 3. The Bertz CT molecular complexity index is 825. The summed E-state index contributed by atoms with van der Waals surface area (Å²) in [6, 6.07) is 1.58. The first-order chi connectivity index (χ1) is 12.4. The summed E-state index contributed by atoms with van der Waals surface area (Å²) < 4.78 is 41.9. The van der Waals surface area contributed by atoms with Crippen molar-refractivity contribution in [2.75, 3.05) is 5.73 Å². The van der Waals surface area contributed by atoms with Gasteiger partial charge in [0.15, 0.2) is 5.69 Å². The number of alkyl halides is 3. The highest BCUT2D eigenvalue weighted by Gasteiger charge is 2.41. The van der Waals surface area contributed by atoms with Gasteiger partial charge in [-0.2, -0.15) is 23.0 Å². The summed E-state index contributed by atoms with van der Waals surface area (Å²) in [5.74, 6) is 0.901. The van der Waals surface area contributed by atoms with Gasteiger partial charge in [-0.05, 0) is 49.2 Å². The maximum atomic E-state index is 13.6. The Morgan fingerprint density at radius 1 is 1.08 bits per heavy atom. The van der Waals surface area contributed by atoms with Crippen LogP contribution in [0.3, 0.4) is 0 Å². The summed E-state index contributed by atoms with van der Waals surface area (Å²) in [5, 5.41) is 3.73. The van der Waals surface area contributed by atoms with Gasteiger partial charge in [0.05, 0.1) is 5.56 Å². The molecule has 1 fully saturated rings. The zero-order valence-corrected chi connectivity index (χ0v) is 14.2. The molecule has 0 aromatic carbocycles. The summed E-state index contributed by atoms with van der Waals surface area (Å²) in [5.41, 5.74) is 5.80. The van der Waals surface area contributed by atoms with Crippen LogP contribution in [0, 0.1) is 11.8 Å². The van der Waals surface area contributed by atoms with Gasteiger partial charge < -0.3 is 5.73 Å². The number of hydrogen-bond acceptors (Lipinski definition) is 4. The molecule has 0 amide bonds. The van der Waals surface area contributed by atoms with Crippen LogP contribution < -0.4 is 5.73 Å². The molecule has 5 nitrogen and oxygen atoms in total. The van der Waals surface area contributed by atoms with E-state index in [-0.39, 0.29) is 17.3 Å². The second kappa shape index (κ2) is 6.41. The Hall–Kier alpha value is -2.38. The Labute approximate surface area is 149 Å². The van der Waals surface area contributed by atoms with Crippen LogP contribution >= 0.6 is 0 Å². The number of hydrogen-bond donors (Lipinski definition) is 1. The van der Waals surface area contributed by atoms with Crippen molar-refractivity contribution in [3.05, 3.63) is 35.8 Å². The molecule has 0 radical (unpaired) electrons. The molecule has 4 rings (SSSR count). The molecule has 8 heteroatoms. The summed E-state index contributed by atoms with van der Waals surface area (Å²) >= 11 is 0. The van der Waals surface area contributed by atoms with E-state index in [1.54, 1.807) is 6.07 Å². The van der Waals surface area contributed by atoms with Crippen LogP contribution in [0.1, 0.15) is 49.8 Å². The molecule has 0 spiro atoms. The predicted octanol–water partition coefficient (Wildman–Crippen LogP) is 4.25. The quantitative estimate of drug-likeness (QED) is 0.866. The van der Waals surface area contributed by atoms with Gasteiger partial charge in [0.2, 0.25) is 0 Å². The fraction of sp³-hybridized carbons (Fsp3) is 0.500. The Morgan fingerprint density at radius 3 is 2.54 bits per heavy atom. The molecule has 0 saturated heterocycles. The second-order valence-electron chi connectivity index (χ2n) is 7.01. The van der Waals surface area contributed by atoms with E-state index in [2.05, 4.69) is 15.1 Å². The topological polar surface area (TPSA) is 69.6 Å². The van der Waals surface area contributed by atoms with E-state index in [1.807, 2.05) is 6.08 Å². The lowest BCUT2D eigenvalue weighted by atomic mass is 9.71. The zero-order chi connectivity index (χ0) is 18.3. The average molecular weight is 363 g/mol. The molecule has 1 saturated carbocycles. The second-order valence-corrected chi connectivity index (χ2v) is 7.01. The van der Waals surface area contributed by atoms with Crippen molar-refractivity contribution in [1.82, 2.24) is 19.7 Å². The van der Waals surface area contributed by atoms with E-state index in [0.717, 1.165) is 30.4 Å². The molecule has 2 aromatic rings. The Morgan fingerprint density at radius 2 is 1.81 bits per heavy atom. The Balaban J connectivity index is 1.82. The molecule has 2 heterocycles. The van der Waals surface area contributed by atoms with E-state index < -0.39 is 11.9 Å². The van der Waals surface area contributed by atoms with Gasteiger partial charge in [-0.3, -0.25) is 0 Å². The lowest BCUT2D eigenvalue weighted by Gasteiger charge is -2.34. The van der Waals surface area contributed by atoms with Gasteiger partial charge in [0, 0.05) is 12.4 Å². The lowest BCUT2D eigenvalue weighted by molar-refractivity contribution is -0.141. The monoisotopic (exact) mass is 363 g/mol. The van der Waals surface area contributed by atoms with Gasteiger partial charge in [-0.1, -0.05) is 18.9 Å². The normalized spacial score (nSPS) is 23.4. The first-order valence-corrected chi connectivity index (χ1v) is 8.89. The number of anilines is 1. The summed E-state index contributed by atoms with van der Waals surface area (Å²) in [6.07, 6.45) is 6.34. The smallest absolute Gasteiger partial charge is 0.383 e. The van der Waals surface area contributed by atoms with Crippen molar-refractivity contribution < 1.29 is 13.2 Å². The van der Waals surface area contributed by atoms with Crippen molar-refractivity contribution in [3.8, 4) is 5.95 Å². The molecule has 26 heavy (non-hydrogen) atoms. The number of aromatic nitrogens is 4. The van der Waals surface area contributed by atoms with E-state index >= 15 is 0 Å². The largest absolute Gasteiger partial charge is 0.435 e. The number of nitrogens with zero attached hydrogens (tertiary/aromatic N) is 4. The minimum Gasteiger partial charge on any atom is -0.383 e. The average Bonchev–Trinajstić information content (AvgIpc) is 2.99. The lowest BCUT2D eigenvalue weighted by Crippen LogP contribution is -2.22. The highest BCUT2D eigenvalue weighted by molar-refractivity contribution is 5.77. The number of allylic oxidation sites excluding steroid dienone is 2. The molecule has 2 unspecified atom stereocenters. The maximum Gasteiger partial charge on any atom is 0.435 e. The molecule has 2 atom stereocenters. The van der Waals surface area contributed by atoms with Crippen LogP contribution in [0.4, 0.5) is 19.0 Å². The van der Waals surface area contributed by atoms with Gasteiger partial charge >= 0.3 is 6.18 Å². The van der Waals surface area contributed by atoms with Gasteiger partial charge in [0.1, 0.15) is 5.82 Å². The third kappa shape index (κ3) is 2.97. The minimum absolute atomic E-state index is 0.00558. The third-order valence-electron chi connectivity index (χ3n) is 5.42. The van der Waals surface area contributed by atoms with Crippen LogP contribution in [0.2, 0.25) is 0 Å². The molecule has 2 N–H and O–H groups in total. The Kier molecular flexibility index (Phi) is 4.20. The summed E-state index contributed by atoms with van der Waals surface area (Å²) in [7, 11) is 0. The highest BCUT2D eigenvalue weighted by atomic mass is 19.4. The van der Waals surface area contributed by atoms with E-state index in [1.165, 1.54) is 18.8 Å². The van der Waals surface area contributed by atoms with Crippen molar-refractivity contribution in [3.63, 3.8) is 0 Å². The molecular weight excluding hydrogens is 343 g/mol. The zero-order valence-electron chi connectivity index (χ0n) is 14.2. The number of nitrogens with two attached hydrogens (primary N) is 1. The van der Waals surface area contributed by atoms with E-state index in [4.69, 9.17) is 5.73 Å². The molecular formula is C18H20F3N5. The predicted molar refractivity (Wildman–Crippen MR) is 91.2 cm³/mol. The third-order valence-corrected chi connectivity index (χ3v) is 5.42. The van der Waals surface area contributed by atoms with Crippen LogP contribution in [0.25, 0.3) is 11.5 Å². The first kappa shape index (κ1) is 17.1. The molecule has 2 aliphatic carbocycles. The molecule has 2 aromatic heterocycles. The standard InChI is InChI=1S/C18H20F3N5/c19-18(20,21)15-14(13-7-6-11-4-1-2-5-12(11)10-13)16(22)26(25-15)17-23-8-3-9-24-17/h3,8-12H,1-2,4-7,22H2. The van der Waals surface area contributed by atoms with Crippen LogP contribution in [-0.2, 0) is 6.18 Å². The van der Waals surface area contributed by atoms with E-state index in [0.29, 0.717) is 23.8 Å². The van der Waals surface area contributed by atoms with Crippen molar-refractivity contribution in [2.24, 2.45) is 11.8 Å². The fourth-order valence-electron chi connectivity index (χ4n) is 4.20.